The van der Waals surface area contributed by atoms with Gasteiger partial charge in [-0.05, 0) is 19.3 Å². The molecule has 0 radical (unpaired) electrons. The van der Waals surface area contributed by atoms with Gasteiger partial charge in [0.1, 0.15) is 5.76 Å². The second kappa shape index (κ2) is 4.09. The fraction of sp³-hybridized carbons (Fsp3) is 0.583. The molecule has 2 aliphatic carbocycles. The molecule has 0 aromatic heterocycles. The average molecular weight is 208 g/mol. The van der Waals surface area contributed by atoms with Crippen molar-refractivity contribution in [2.75, 3.05) is 7.11 Å². The molecule has 82 valence electrons. The van der Waals surface area contributed by atoms with Gasteiger partial charge in [0.2, 0.25) is 0 Å². The summed E-state index contributed by atoms with van der Waals surface area (Å²) >= 11 is 0. The van der Waals surface area contributed by atoms with Gasteiger partial charge in [-0.2, -0.15) is 0 Å². The summed E-state index contributed by atoms with van der Waals surface area (Å²) < 4.78 is 4.65. The van der Waals surface area contributed by atoms with Crippen LogP contribution in [0.4, 0.5) is 0 Å². The maximum Gasteiger partial charge on any atom is 0.337 e. The highest BCUT2D eigenvalue weighted by Crippen LogP contribution is 2.39. The van der Waals surface area contributed by atoms with E-state index in [1.165, 1.54) is 19.1 Å². The molecule has 2 rings (SSSR count). The molecule has 15 heavy (non-hydrogen) atoms. The number of carbonyl (C=O) groups is 1. The van der Waals surface area contributed by atoms with Crippen LogP contribution in [0.25, 0.3) is 0 Å². The molecule has 3 heteroatoms. The molecule has 1 saturated carbocycles. The Bertz CT molecular complexity index is 339. The van der Waals surface area contributed by atoms with Gasteiger partial charge < -0.3 is 9.84 Å². The molecule has 1 unspecified atom stereocenters. The zero-order valence-electron chi connectivity index (χ0n) is 8.95. The molecule has 2 aliphatic rings. The van der Waals surface area contributed by atoms with Crippen LogP contribution in [-0.4, -0.2) is 18.2 Å². The molecule has 0 amide bonds. The SMILES string of the molecule is COC(=O)C1=C(O)C2CCCCC2=CC1. The second-order valence-corrected chi connectivity index (χ2v) is 4.14. The molecule has 0 spiro atoms. The minimum absolute atomic E-state index is 0.0848. The number of rotatable bonds is 1. The largest absolute Gasteiger partial charge is 0.511 e. The van der Waals surface area contributed by atoms with Gasteiger partial charge in [0.05, 0.1) is 12.7 Å². The quantitative estimate of drug-likeness (QED) is 0.532. The number of ether oxygens (including phenoxy) is 1. The highest BCUT2D eigenvalue weighted by Gasteiger charge is 2.30. The summed E-state index contributed by atoms with van der Waals surface area (Å²) in [5.41, 5.74) is 1.74. The molecular weight excluding hydrogens is 192 g/mol. The first kappa shape index (κ1) is 10.3. The van der Waals surface area contributed by atoms with E-state index in [0.717, 1.165) is 19.3 Å². The monoisotopic (exact) mass is 208 g/mol. The Labute approximate surface area is 89.4 Å². The van der Waals surface area contributed by atoms with Crippen LogP contribution in [0.5, 0.6) is 0 Å². The van der Waals surface area contributed by atoms with Crippen LogP contribution >= 0.6 is 0 Å². The molecule has 0 heterocycles. The van der Waals surface area contributed by atoms with Gasteiger partial charge in [0.15, 0.2) is 0 Å². The zero-order valence-corrected chi connectivity index (χ0v) is 8.95. The lowest BCUT2D eigenvalue weighted by atomic mass is 9.78. The van der Waals surface area contributed by atoms with Crippen molar-refractivity contribution in [2.45, 2.75) is 32.1 Å². The molecule has 0 saturated heterocycles. The number of allylic oxidation sites excluding steroid dienone is 2. The van der Waals surface area contributed by atoms with E-state index in [9.17, 15) is 9.90 Å². The van der Waals surface area contributed by atoms with Crippen LogP contribution in [-0.2, 0) is 9.53 Å². The summed E-state index contributed by atoms with van der Waals surface area (Å²) in [6, 6.07) is 0. The smallest absolute Gasteiger partial charge is 0.337 e. The molecule has 0 aliphatic heterocycles. The predicted molar refractivity (Wildman–Crippen MR) is 56.3 cm³/mol. The summed E-state index contributed by atoms with van der Waals surface area (Å²) in [6.07, 6.45) is 6.94. The minimum Gasteiger partial charge on any atom is -0.511 e. The van der Waals surface area contributed by atoms with E-state index < -0.39 is 5.97 Å². The summed E-state index contributed by atoms with van der Waals surface area (Å²) in [4.78, 5) is 11.4. The molecule has 0 aromatic rings. The maximum atomic E-state index is 11.4. The normalized spacial score (nSPS) is 25.7. The van der Waals surface area contributed by atoms with Crippen LogP contribution in [0.15, 0.2) is 23.0 Å². The first-order valence-electron chi connectivity index (χ1n) is 5.43. The summed E-state index contributed by atoms with van der Waals surface area (Å²) in [5.74, 6) is -0.0611. The van der Waals surface area contributed by atoms with Crippen molar-refractivity contribution < 1.29 is 14.6 Å². The van der Waals surface area contributed by atoms with Gasteiger partial charge in [-0.3, -0.25) is 0 Å². The highest BCUT2D eigenvalue weighted by molar-refractivity contribution is 5.89. The Morgan fingerprint density at radius 1 is 1.53 bits per heavy atom. The van der Waals surface area contributed by atoms with Crippen molar-refractivity contribution in [2.24, 2.45) is 5.92 Å². The van der Waals surface area contributed by atoms with Gasteiger partial charge in [-0.25, -0.2) is 4.79 Å². The number of aliphatic hydroxyl groups is 1. The fourth-order valence-corrected chi connectivity index (χ4v) is 2.45. The third kappa shape index (κ3) is 1.78. The van der Waals surface area contributed by atoms with Crippen LogP contribution in [0, 0.1) is 5.92 Å². The molecule has 3 nitrogen and oxygen atoms in total. The van der Waals surface area contributed by atoms with E-state index in [-0.39, 0.29) is 11.7 Å². The molecule has 1 fully saturated rings. The van der Waals surface area contributed by atoms with Crippen LogP contribution in [0.1, 0.15) is 32.1 Å². The number of methoxy groups -OCH3 is 1. The van der Waals surface area contributed by atoms with Crippen LogP contribution in [0.3, 0.4) is 0 Å². The number of aliphatic hydroxyl groups excluding tert-OH is 1. The van der Waals surface area contributed by atoms with Crippen molar-refractivity contribution in [1.82, 2.24) is 0 Å². The Kier molecular flexibility index (Phi) is 2.80. The number of hydrogen-bond acceptors (Lipinski definition) is 3. The minimum atomic E-state index is -0.395. The third-order valence-corrected chi connectivity index (χ3v) is 3.30. The van der Waals surface area contributed by atoms with Crippen LogP contribution < -0.4 is 0 Å². The fourth-order valence-electron chi connectivity index (χ4n) is 2.45. The van der Waals surface area contributed by atoms with Gasteiger partial charge in [0.25, 0.3) is 0 Å². The summed E-state index contributed by atoms with van der Waals surface area (Å²) in [6.45, 7) is 0. The molecule has 1 atom stereocenters. The maximum absolute atomic E-state index is 11.4. The van der Waals surface area contributed by atoms with Gasteiger partial charge in [-0.15, -0.1) is 0 Å². The van der Waals surface area contributed by atoms with Gasteiger partial charge in [-0.1, -0.05) is 18.1 Å². The summed E-state index contributed by atoms with van der Waals surface area (Å²) in [5, 5.41) is 10.0. The summed E-state index contributed by atoms with van der Waals surface area (Å²) in [7, 11) is 1.35. The van der Waals surface area contributed by atoms with E-state index >= 15 is 0 Å². The zero-order chi connectivity index (χ0) is 10.8. The lowest BCUT2D eigenvalue weighted by Crippen LogP contribution is -2.21. The van der Waals surface area contributed by atoms with Crippen molar-refractivity contribution in [3.8, 4) is 0 Å². The highest BCUT2D eigenvalue weighted by atomic mass is 16.5. The predicted octanol–water partition coefficient (Wildman–Crippen LogP) is 2.49. The lowest BCUT2D eigenvalue weighted by Gasteiger charge is -2.29. The number of esters is 1. The van der Waals surface area contributed by atoms with E-state index in [2.05, 4.69) is 10.8 Å². The topological polar surface area (TPSA) is 46.5 Å². The van der Waals surface area contributed by atoms with Crippen molar-refractivity contribution in [3.63, 3.8) is 0 Å². The standard InChI is InChI=1S/C12H16O3/c1-15-12(14)10-7-6-8-4-2-3-5-9(8)11(10)13/h6,9,13H,2-5,7H2,1H3. The van der Waals surface area contributed by atoms with E-state index in [4.69, 9.17) is 0 Å². The van der Waals surface area contributed by atoms with E-state index in [1.54, 1.807) is 0 Å². The van der Waals surface area contributed by atoms with Crippen molar-refractivity contribution in [3.05, 3.63) is 23.0 Å². The Hall–Kier alpha value is -1.25. The van der Waals surface area contributed by atoms with E-state index in [1.807, 2.05) is 0 Å². The number of fused-ring (bicyclic) bond motifs is 1. The number of carbonyl (C=O) groups excluding carboxylic acids is 1. The average Bonchev–Trinajstić information content (AvgIpc) is 2.29. The Morgan fingerprint density at radius 2 is 2.33 bits per heavy atom. The molecule has 0 bridgehead atoms. The molecule has 1 N–H and O–H groups in total. The van der Waals surface area contributed by atoms with Crippen molar-refractivity contribution in [1.29, 1.82) is 0 Å². The van der Waals surface area contributed by atoms with Gasteiger partial charge >= 0.3 is 5.97 Å². The lowest BCUT2D eigenvalue weighted by molar-refractivity contribution is -0.136. The Balaban J connectivity index is 2.24. The first-order valence-corrected chi connectivity index (χ1v) is 5.43. The Morgan fingerprint density at radius 3 is 3.07 bits per heavy atom. The first-order chi connectivity index (χ1) is 7.24. The molecule has 0 aromatic carbocycles. The van der Waals surface area contributed by atoms with Crippen LogP contribution in [0.2, 0.25) is 0 Å². The third-order valence-electron chi connectivity index (χ3n) is 3.30. The second-order valence-electron chi connectivity index (χ2n) is 4.14. The van der Waals surface area contributed by atoms with Crippen molar-refractivity contribution >= 4 is 5.97 Å². The number of hydrogen-bond donors (Lipinski definition) is 1. The van der Waals surface area contributed by atoms with E-state index in [0.29, 0.717) is 12.0 Å². The molecular formula is C12H16O3. The van der Waals surface area contributed by atoms with Gasteiger partial charge in [0, 0.05) is 12.3 Å².